The summed E-state index contributed by atoms with van der Waals surface area (Å²) in [6, 6.07) is 0. The average Bonchev–Trinajstić information content (AvgIpc) is 3.28. The van der Waals surface area contributed by atoms with Crippen LogP contribution in [0.4, 0.5) is 0 Å². The van der Waals surface area contributed by atoms with Crippen molar-refractivity contribution in [3.05, 3.63) is 36.5 Å². The van der Waals surface area contributed by atoms with Gasteiger partial charge in [-0.25, -0.2) is 0 Å². The van der Waals surface area contributed by atoms with E-state index in [0.717, 1.165) is 32.1 Å². The van der Waals surface area contributed by atoms with E-state index in [9.17, 15) is 37.9 Å². The zero-order valence-corrected chi connectivity index (χ0v) is 42.4. The molecule has 0 aliphatic carbocycles. The first kappa shape index (κ1) is 61.9. The fourth-order valence-electron chi connectivity index (χ4n) is 8.07. The number of hydrogen-bond donors (Lipinski definition) is 4. The Hall–Kier alpha value is -2.13. The van der Waals surface area contributed by atoms with Gasteiger partial charge in [-0.15, -0.1) is 0 Å². The van der Waals surface area contributed by atoms with Crippen molar-refractivity contribution in [3.63, 3.8) is 0 Å². The number of ether oxygens (including phenoxy) is 4. The van der Waals surface area contributed by atoms with Gasteiger partial charge in [0.15, 0.2) is 12.4 Å². The Morgan fingerprint density at radius 1 is 0.515 bits per heavy atom. The highest BCUT2D eigenvalue weighted by Crippen LogP contribution is 2.24. The highest BCUT2D eigenvalue weighted by atomic mass is 32.2. The highest BCUT2D eigenvalue weighted by Gasteiger charge is 2.46. The van der Waals surface area contributed by atoms with Gasteiger partial charge in [0.2, 0.25) is 0 Å². The second kappa shape index (κ2) is 42.9. The summed E-state index contributed by atoms with van der Waals surface area (Å²) in [6.07, 6.45) is 41.9. The topological polar surface area (TPSA) is 186 Å². The van der Waals surface area contributed by atoms with Crippen LogP contribution >= 0.6 is 0 Å². The summed E-state index contributed by atoms with van der Waals surface area (Å²) < 4.78 is 54.2. The maximum atomic E-state index is 12.8. The summed E-state index contributed by atoms with van der Waals surface area (Å²) >= 11 is 0. The number of carbonyl (C=O) groups is 2. The second-order valence-electron chi connectivity index (χ2n) is 18.5. The summed E-state index contributed by atoms with van der Waals surface area (Å²) in [4.78, 5) is 25.5. The van der Waals surface area contributed by atoms with Gasteiger partial charge in [-0.1, -0.05) is 192 Å². The third-order valence-corrected chi connectivity index (χ3v) is 12.9. The third-order valence-electron chi connectivity index (χ3n) is 12.2. The smallest absolute Gasteiger partial charge is 0.306 e. The molecule has 386 valence electrons. The first-order chi connectivity index (χ1) is 32.0. The van der Waals surface area contributed by atoms with Gasteiger partial charge >= 0.3 is 11.9 Å². The minimum absolute atomic E-state index is 0.102. The molecule has 2 unspecified atom stereocenters. The molecular formula is C53H96O12S. The molecule has 0 radical (unpaired) electrons. The Labute approximate surface area is 401 Å². The quantitative estimate of drug-likeness (QED) is 0.0196. The van der Waals surface area contributed by atoms with Crippen LogP contribution in [-0.4, -0.2) is 96.0 Å². The molecule has 4 N–H and O–H groups in total. The largest absolute Gasteiger partial charge is 0.462 e. The van der Waals surface area contributed by atoms with Gasteiger partial charge in [-0.2, -0.15) is 8.42 Å². The molecule has 1 rings (SSSR count). The van der Waals surface area contributed by atoms with Gasteiger partial charge in [0.25, 0.3) is 10.1 Å². The summed E-state index contributed by atoms with van der Waals surface area (Å²) in [7, 11) is -4.61. The number of aliphatic hydroxyl groups excluding tert-OH is 3. The van der Waals surface area contributed by atoms with Crippen molar-refractivity contribution >= 4 is 22.1 Å². The van der Waals surface area contributed by atoms with Gasteiger partial charge in [0.05, 0.1) is 6.61 Å². The minimum Gasteiger partial charge on any atom is -0.462 e. The lowest BCUT2D eigenvalue weighted by molar-refractivity contribution is -0.297. The molecule has 0 aromatic heterocycles. The summed E-state index contributed by atoms with van der Waals surface area (Å²) in [5, 5.41) is 31.0. The number of allylic oxidation sites excluding steroid dienone is 6. The Balaban J connectivity index is 2.37. The molecule has 66 heavy (non-hydrogen) atoms. The first-order valence-electron chi connectivity index (χ1n) is 26.5. The molecule has 13 heteroatoms. The molecular weight excluding hydrogens is 861 g/mol. The van der Waals surface area contributed by atoms with Crippen molar-refractivity contribution in [2.24, 2.45) is 0 Å². The zero-order chi connectivity index (χ0) is 48.4. The lowest BCUT2D eigenvalue weighted by atomic mass is 10.00. The van der Waals surface area contributed by atoms with E-state index in [1.54, 1.807) is 0 Å². The number of rotatable bonds is 45. The lowest BCUT2D eigenvalue weighted by Gasteiger charge is -2.40. The molecule has 0 saturated carbocycles. The van der Waals surface area contributed by atoms with Crippen LogP contribution in [0, 0.1) is 0 Å². The van der Waals surface area contributed by atoms with Gasteiger partial charge in [-0.05, 0) is 64.2 Å². The summed E-state index contributed by atoms with van der Waals surface area (Å²) in [5.74, 6) is -2.03. The Bertz CT molecular complexity index is 1350. The molecule has 0 spiro atoms. The Morgan fingerprint density at radius 2 is 0.924 bits per heavy atom. The fraction of sp³-hybridized carbons (Fsp3) is 0.849. The van der Waals surface area contributed by atoms with Crippen LogP contribution in [0.2, 0.25) is 0 Å². The van der Waals surface area contributed by atoms with Gasteiger partial charge in [0, 0.05) is 12.8 Å². The molecule has 0 aromatic rings. The predicted molar refractivity (Wildman–Crippen MR) is 266 cm³/mol. The molecule has 1 aliphatic rings. The summed E-state index contributed by atoms with van der Waals surface area (Å²) in [5.41, 5.74) is 0. The number of aliphatic hydroxyl groups is 3. The third kappa shape index (κ3) is 36.9. The molecule has 1 saturated heterocycles. The van der Waals surface area contributed by atoms with E-state index in [1.807, 2.05) is 6.08 Å². The van der Waals surface area contributed by atoms with Crippen LogP contribution in [-0.2, 0) is 38.7 Å². The van der Waals surface area contributed by atoms with Crippen LogP contribution in [0.1, 0.15) is 232 Å². The number of carbonyl (C=O) groups excluding carboxylic acids is 2. The van der Waals surface area contributed by atoms with Crippen LogP contribution in [0.15, 0.2) is 36.5 Å². The lowest BCUT2D eigenvalue weighted by Crippen LogP contribution is -2.60. The minimum atomic E-state index is -4.61. The molecule has 0 amide bonds. The van der Waals surface area contributed by atoms with Crippen LogP contribution < -0.4 is 0 Å². The van der Waals surface area contributed by atoms with E-state index in [2.05, 4.69) is 44.2 Å². The average molecular weight is 957 g/mol. The second-order valence-corrected chi connectivity index (χ2v) is 20.0. The van der Waals surface area contributed by atoms with E-state index in [1.165, 1.54) is 154 Å². The maximum absolute atomic E-state index is 12.8. The van der Waals surface area contributed by atoms with Gasteiger partial charge < -0.3 is 34.3 Å². The normalized spacial score (nSPS) is 19.6. The van der Waals surface area contributed by atoms with Crippen molar-refractivity contribution in [3.8, 4) is 0 Å². The summed E-state index contributed by atoms with van der Waals surface area (Å²) in [6.45, 7) is 3.75. The first-order valence-corrected chi connectivity index (χ1v) is 28.2. The predicted octanol–water partition coefficient (Wildman–Crippen LogP) is 12.1. The number of esters is 2. The van der Waals surface area contributed by atoms with Crippen molar-refractivity contribution in [2.45, 2.75) is 269 Å². The van der Waals surface area contributed by atoms with E-state index in [4.69, 9.17) is 18.9 Å². The van der Waals surface area contributed by atoms with E-state index < -0.39 is 71.2 Å². The van der Waals surface area contributed by atoms with E-state index in [0.29, 0.717) is 19.3 Å². The maximum Gasteiger partial charge on any atom is 0.306 e. The van der Waals surface area contributed by atoms with Crippen molar-refractivity contribution in [1.82, 2.24) is 0 Å². The molecule has 1 fully saturated rings. The zero-order valence-electron chi connectivity index (χ0n) is 41.6. The number of hydrogen-bond acceptors (Lipinski definition) is 11. The van der Waals surface area contributed by atoms with Gasteiger partial charge in [0.1, 0.15) is 36.8 Å². The molecule has 0 aromatic carbocycles. The Morgan fingerprint density at radius 3 is 1.39 bits per heavy atom. The van der Waals surface area contributed by atoms with E-state index >= 15 is 0 Å². The molecule has 12 nitrogen and oxygen atoms in total. The van der Waals surface area contributed by atoms with Crippen molar-refractivity contribution in [2.75, 3.05) is 19.0 Å². The molecule has 6 atom stereocenters. The van der Waals surface area contributed by atoms with Crippen LogP contribution in [0.5, 0.6) is 0 Å². The number of unbranched alkanes of at least 4 members (excludes halogenated alkanes) is 27. The molecule has 0 bridgehead atoms. The van der Waals surface area contributed by atoms with Crippen LogP contribution in [0.3, 0.4) is 0 Å². The van der Waals surface area contributed by atoms with Gasteiger partial charge in [-0.3, -0.25) is 14.1 Å². The van der Waals surface area contributed by atoms with E-state index in [-0.39, 0.29) is 19.4 Å². The molecule has 1 aliphatic heterocycles. The van der Waals surface area contributed by atoms with Crippen LogP contribution in [0.25, 0.3) is 0 Å². The highest BCUT2D eigenvalue weighted by molar-refractivity contribution is 7.85. The van der Waals surface area contributed by atoms with Crippen molar-refractivity contribution < 1.29 is 56.8 Å². The molecule has 1 heterocycles. The van der Waals surface area contributed by atoms with Crippen molar-refractivity contribution in [1.29, 1.82) is 0 Å². The fourth-order valence-corrected chi connectivity index (χ4v) is 8.76. The SMILES string of the molecule is CCCCCCCC/C=C/CCCCCCCCCCCCCC(=O)OC[C@H](CO[C@H]1O[C@H](CS(=O)(=O)O)[C@@H](O)C(O)C1O)OC(=O)CCC/C=C/C/C=C/CCCCCCCCCCC. The Kier molecular flexibility index (Phi) is 40.3. The monoisotopic (exact) mass is 957 g/mol. The standard InChI is InChI=1S/C53H96O12S/c1-3-5-7-9-11-13-15-17-19-21-22-23-24-26-27-29-31-33-35-37-39-41-48(54)62-43-46(44-63-53-52(58)51(57)50(56)47(65-53)45-66(59,60)61)64-49(55)42-40-38-36-34-32-30-28-25-20-18-16-14-12-10-8-6-4-2/h17,19,28,30,34,36,46-47,50-53,56-58H,3-16,18,20-27,29,31-33,35,37-45H2,1-2H3,(H,59,60,61)/b19-17+,30-28+,36-34+/t46-,47-,50-,51?,52?,53+/m1/s1.